The third kappa shape index (κ3) is 4.74. The average Bonchev–Trinajstić information content (AvgIpc) is 3.50. The number of halogens is 6. The van der Waals surface area contributed by atoms with E-state index >= 15 is 0 Å². The molecule has 2 aliphatic heterocycles. The molecule has 0 amide bonds. The van der Waals surface area contributed by atoms with Crippen LogP contribution in [0.2, 0.25) is 0 Å². The largest absolute Gasteiger partial charge is 0.418 e. The molecule has 0 atom stereocenters. The van der Waals surface area contributed by atoms with Gasteiger partial charge in [-0.25, -0.2) is 13.2 Å². The number of piperidine rings is 1. The second-order valence-electron chi connectivity index (χ2n) is 9.70. The standard InChI is InChI=1S/C28H23F6N3O2/c29-18-14-23(30)21(24(31)15-18)16-37-26(20-5-2-6-22(25(20)35-37)28(32,33)34)17-3-1-4-19(13-17)36-9-7-27(8-10-36)38-11-12-39-27/h1-6,13-15H,7-12,16H2. The minimum atomic E-state index is -4.70. The van der Waals surface area contributed by atoms with Gasteiger partial charge in [0.25, 0.3) is 0 Å². The number of nitrogens with zero attached hydrogens (tertiary/aromatic N) is 3. The Kier molecular flexibility index (Phi) is 6.30. The Hall–Kier alpha value is -3.57. The van der Waals surface area contributed by atoms with Crippen molar-refractivity contribution in [2.45, 2.75) is 31.3 Å². The number of hydrogen-bond acceptors (Lipinski definition) is 4. The van der Waals surface area contributed by atoms with Crippen LogP contribution in [0, 0.1) is 17.5 Å². The lowest BCUT2D eigenvalue weighted by Gasteiger charge is -2.38. The van der Waals surface area contributed by atoms with Crippen LogP contribution >= 0.6 is 0 Å². The molecule has 3 heterocycles. The molecule has 11 heteroatoms. The Balaban J connectivity index is 1.44. The summed E-state index contributed by atoms with van der Waals surface area (Å²) in [6.07, 6.45) is -3.37. The third-order valence-corrected chi connectivity index (χ3v) is 7.31. The molecule has 2 fully saturated rings. The van der Waals surface area contributed by atoms with E-state index in [2.05, 4.69) is 10.00 Å². The van der Waals surface area contributed by atoms with Gasteiger partial charge in [0.2, 0.25) is 0 Å². The first-order valence-electron chi connectivity index (χ1n) is 12.5. The van der Waals surface area contributed by atoms with E-state index in [4.69, 9.17) is 9.47 Å². The molecule has 0 saturated carbocycles. The second kappa shape index (κ2) is 9.56. The van der Waals surface area contributed by atoms with Crippen molar-refractivity contribution in [2.75, 3.05) is 31.2 Å². The van der Waals surface area contributed by atoms with Gasteiger partial charge in [-0.05, 0) is 18.2 Å². The highest BCUT2D eigenvalue weighted by Crippen LogP contribution is 2.40. The topological polar surface area (TPSA) is 39.5 Å². The van der Waals surface area contributed by atoms with E-state index in [0.29, 0.717) is 56.8 Å². The fourth-order valence-electron chi connectivity index (χ4n) is 5.41. The molecule has 4 aromatic rings. The van der Waals surface area contributed by atoms with Crippen molar-refractivity contribution in [3.05, 3.63) is 83.2 Å². The summed E-state index contributed by atoms with van der Waals surface area (Å²) in [5.41, 5.74) is -0.207. The summed E-state index contributed by atoms with van der Waals surface area (Å²) in [5, 5.41) is 4.34. The van der Waals surface area contributed by atoms with Crippen LogP contribution < -0.4 is 4.90 Å². The number of aromatic nitrogens is 2. The van der Waals surface area contributed by atoms with E-state index in [1.54, 1.807) is 12.1 Å². The van der Waals surface area contributed by atoms with Gasteiger partial charge in [0.15, 0.2) is 5.79 Å². The van der Waals surface area contributed by atoms with Crippen molar-refractivity contribution in [2.24, 2.45) is 0 Å². The molecule has 1 aromatic heterocycles. The molecule has 3 aromatic carbocycles. The zero-order valence-electron chi connectivity index (χ0n) is 20.6. The Morgan fingerprint density at radius 2 is 1.54 bits per heavy atom. The fraction of sp³-hybridized carbons (Fsp3) is 0.321. The summed E-state index contributed by atoms with van der Waals surface area (Å²) >= 11 is 0. The highest BCUT2D eigenvalue weighted by molar-refractivity contribution is 5.95. The predicted octanol–water partition coefficient (Wildman–Crippen LogP) is 6.53. The normalized spacial score (nSPS) is 17.4. The number of hydrogen-bond donors (Lipinski definition) is 0. The van der Waals surface area contributed by atoms with E-state index in [0.717, 1.165) is 16.4 Å². The van der Waals surface area contributed by atoms with Crippen molar-refractivity contribution in [3.8, 4) is 11.3 Å². The van der Waals surface area contributed by atoms with Gasteiger partial charge in [-0.15, -0.1) is 0 Å². The lowest BCUT2D eigenvalue weighted by molar-refractivity contribution is -0.169. The van der Waals surface area contributed by atoms with Crippen LogP contribution in [-0.2, 0) is 22.2 Å². The summed E-state index contributed by atoms with van der Waals surface area (Å²) in [6.45, 7) is 1.87. The van der Waals surface area contributed by atoms with Gasteiger partial charge in [0.1, 0.15) is 23.0 Å². The summed E-state index contributed by atoms with van der Waals surface area (Å²) < 4.78 is 96.9. The third-order valence-electron chi connectivity index (χ3n) is 7.31. The second-order valence-corrected chi connectivity index (χ2v) is 9.70. The van der Waals surface area contributed by atoms with Gasteiger partial charge in [-0.2, -0.15) is 18.3 Å². The first-order valence-corrected chi connectivity index (χ1v) is 12.5. The Morgan fingerprint density at radius 3 is 2.21 bits per heavy atom. The highest BCUT2D eigenvalue weighted by atomic mass is 19.4. The van der Waals surface area contributed by atoms with Crippen molar-refractivity contribution < 1.29 is 35.8 Å². The number of rotatable bonds is 4. The zero-order valence-corrected chi connectivity index (χ0v) is 20.6. The average molecular weight is 547 g/mol. The summed E-state index contributed by atoms with van der Waals surface area (Å²) in [4.78, 5) is 2.13. The van der Waals surface area contributed by atoms with Crippen LogP contribution in [-0.4, -0.2) is 41.9 Å². The Morgan fingerprint density at radius 1 is 0.872 bits per heavy atom. The SMILES string of the molecule is Fc1cc(F)c(Cn2nc3c(C(F)(F)F)cccc3c2-c2cccc(N3CCC4(CC3)OCCO4)c2)c(F)c1. The highest BCUT2D eigenvalue weighted by Gasteiger charge is 2.40. The van der Waals surface area contributed by atoms with Crippen molar-refractivity contribution >= 4 is 16.6 Å². The summed E-state index contributed by atoms with van der Waals surface area (Å²) in [7, 11) is 0. The minimum Gasteiger partial charge on any atom is -0.371 e. The number of alkyl halides is 3. The minimum absolute atomic E-state index is 0.176. The van der Waals surface area contributed by atoms with Crippen LogP contribution in [0.1, 0.15) is 24.0 Å². The molecular formula is C28H23F6N3O2. The van der Waals surface area contributed by atoms with Gasteiger partial charge in [-0.1, -0.05) is 24.3 Å². The number of anilines is 1. The molecule has 5 nitrogen and oxygen atoms in total. The van der Waals surface area contributed by atoms with Gasteiger partial charge in [0.05, 0.1) is 31.0 Å². The van der Waals surface area contributed by atoms with E-state index < -0.39 is 47.1 Å². The molecule has 0 aliphatic carbocycles. The molecule has 0 bridgehead atoms. The molecule has 2 saturated heterocycles. The van der Waals surface area contributed by atoms with Crippen molar-refractivity contribution in [3.63, 3.8) is 0 Å². The van der Waals surface area contributed by atoms with Crippen molar-refractivity contribution in [1.29, 1.82) is 0 Å². The van der Waals surface area contributed by atoms with E-state index in [9.17, 15) is 26.3 Å². The van der Waals surface area contributed by atoms with Gasteiger partial charge >= 0.3 is 6.18 Å². The molecule has 39 heavy (non-hydrogen) atoms. The van der Waals surface area contributed by atoms with Crippen LogP contribution in [0.3, 0.4) is 0 Å². The molecule has 0 unspecified atom stereocenters. The van der Waals surface area contributed by atoms with Crippen LogP contribution in [0.5, 0.6) is 0 Å². The lowest BCUT2D eigenvalue weighted by atomic mass is 10.0. The maximum absolute atomic E-state index is 14.6. The quantitative estimate of drug-likeness (QED) is 0.273. The number of ether oxygens (including phenoxy) is 2. The maximum atomic E-state index is 14.6. The molecule has 6 rings (SSSR count). The van der Waals surface area contributed by atoms with Crippen LogP contribution in [0.4, 0.5) is 32.0 Å². The van der Waals surface area contributed by atoms with E-state index in [1.807, 2.05) is 12.1 Å². The molecule has 0 radical (unpaired) electrons. The van der Waals surface area contributed by atoms with E-state index in [1.165, 1.54) is 12.1 Å². The molecule has 204 valence electrons. The lowest BCUT2D eigenvalue weighted by Crippen LogP contribution is -2.45. The number of fused-ring (bicyclic) bond motifs is 1. The Labute approximate surface area is 219 Å². The smallest absolute Gasteiger partial charge is 0.371 e. The number of benzene rings is 3. The van der Waals surface area contributed by atoms with Gasteiger partial charge in [-0.3, -0.25) is 4.68 Å². The van der Waals surface area contributed by atoms with Crippen molar-refractivity contribution in [1.82, 2.24) is 9.78 Å². The van der Waals surface area contributed by atoms with Crippen LogP contribution in [0.15, 0.2) is 54.6 Å². The van der Waals surface area contributed by atoms with Gasteiger partial charge in [0, 0.05) is 60.3 Å². The zero-order chi connectivity index (χ0) is 27.4. The first-order chi connectivity index (χ1) is 18.6. The Bertz CT molecular complexity index is 1510. The fourth-order valence-corrected chi connectivity index (χ4v) is 5.41. The monoisotopic (exact) mass is 547 g/mol. The molecule has 0 N–H and O–H groups in total. The summed E-state index contributed by atoms with van der Waals surface area (Å²) in [5.74, 6) is -3.97. The molecule has 1 spiro atoms. The molecule has 2 aliphatic rings. The maximum Gasteiger partial charge on any atom is 0.418 e. The van der Waals surface area contributed by atoms with Gasteiger partial charge < -0.3 is 14.4 Å². The predicted molar refractivity (Wildman–Crippen MR) is 132 cm³/mol. The first kappa shape index (κ1) is 25.7. The summed E-state index contributed by atoms with van der Waals surface area (Å²) in [6, 6.07) is 11.9. The molecular weight excluding hydrogens is 524 g/mol. The van der Waals surface area contributed by atoms with E-state index in [-0.39, 0.29) is 16.6 Å². The van der Waals surface area contributed by atoms with Crippen LogP contribution in [0.25, 0.3) is 22.2 Å².